The van der Waals surface area contributed by atoms with Gasteiger partial charge in [-0.2, -0.15) is 0 Å². The average molecular weight is 410 g/mol. The topological polar surface area (TPSA) is 58.9 Å². The second-order valence-corrected chi connectivity index (χ2v) is 6.98. The Hall–Kier alpha value is -3.54. The predicted molar refractivity (Wildman–Crippen MR) is 125 cm³/mol. The molecule has 4 aromatic rings. The van der Waals surface area contributed by atoms with Gasteiger partial charge in [0, 0.05) is 16.7 Å². The van der Waals surface area contributed by atoms with Gasteiger partial charge in [0.2, 0.25) is 0 Å². The van der Waals surface area contributed by atoms with Crippen LogP contribution in [0, 0.1) is 0 Å². The molecule has 0 aliphatic carbocycles. The van der Waals surface area contributed by atoms with Crippen LogP contribution >= 0.6 is 0 Å². The van der Waals surface area contributed by atoms with Crippen molar-refractivity contribution in [3.63, 3.8) is 0 Å². The van der Waals surface area contributed by atoms with E-state index in [4.69, 9.17) is 9.39 Å². The maximum absolute atomic E-state index is 9.67. The standard InChI is InChI=1S/C26H23BO4/c1-2-30-26-22(19-12-6-3-7-13-19)18-23(31-27(28)29)24(20-14-8-4-9-15-20)25(26)21-16-10-5-11-17-21/h3-18,28-29H,2H2,1H3. The molecule has 0 saturated heterocycles. The number of hydrogen-bond acceptors (Lipinski definition) is 4. The summed E-state index contributed by atoms with van der Waals surface area (Å²) >= 11 is 0. The fraction of sp³-hybridized carbons (Fsp3) is 0.0769. The van der Waals surface area contributed by atoms with Gasteiger partial charge in [-0.05, 0) is 29.7 Å². The van der Waals surface area contributed by atoms with Crippen LogP contribution in [0.2, 0.25) is 0 Å². The first-order valence-corrected chi connectivity index (χ1v) is 10.2. The van der Waals surface area contributed by atoms with Crippen molar-refractivity contribution in [3.05, 3.63) is 97.1 Å². The molecule has 0 aliphatic rings. The zero-order valence-corrected chi connectivity index (χ0v) is 17.2. The fourth-order valence-electron chi connectivity index (χ4n) is 3.74. The highest BCUT2D eigenvalue weighted by Crippen LogP contribution is 2.50. The van der Waals surface area contributed by atoms with Crippen molar-refractivity contribution >= 4 is 7.32 Å². The first-order valence-electron chi connectivity index (χ1n) is 10.2. The summed E-state index contributed by atoms with van der Waals surface area (Å²) in [5, 5.41) is 19.3. The fourth-order valence-corrected chi connectivity index (χ4v) is 3.74. The van der Waals surface area contributed by atoms with Crippen molar-refractivity contribution in [3.8, 4) is 44.9 Å². The summed E-state index contributed by atoms with van der Waals surface area (Å²) in [5.41, 5.74) is 5.17. The van der Waals surface area contributed by atoms with E-state index in [1.807, 2.05) is 104 Å². The molecule has 4 rings (SSSR count). The molecular weight excluding hydrogens is 387 g/mol. The molecule has 0 amide bonds. The second kappa shape index (κ2) is 9.52. The lowest BCUT2D eigenvalue weighted by Gasteiger charge is -2.23. The van der Waals surface area contributed by atoms with Gasteiger partial charge in [-0.1, -0.05) is 91.0 Å². The predicted octanol–water partition coefficient (Wildman–Crippen LogP) is 5.43. The van der Waals surface area contributed by atoms with Gasteiger partial charge in [0.1, 0.15) is 11.5 Å². The zero-order chi connectivity index (χ0) is 21.6. The second-order valence-electron chi connectivity index (χ2n) is 6.98. The van der Waals surface area contributed by atoms with E-state index < -0.39 is 7.32 Å². The first-order chi connectivity index (χ1) is 15.2. The minimum atomic E-state index is -1.95. The number of rotatable bonds is 7. The van der Waals surface area contributed by atoms with Crippen LogP contribution in [0.3, 0.4) is 0 Å². The van der Waals surface area contributed by atoms with Gasteiger partial charge >= 0.3 is 7.32 Å². The summed E-state index contributed by atoms with van der Waals surface area (Å²) in [6.07, 6.45) is 0. The van der Waals surface area contributed by atoms with Gasteiger partial charge in [0.15, 0.2) is 0 Å². The Morgan fingerprint density at radius 2 is 1.16 bits per heavy atom. The van der Waals surface area contributed by atoms with E-state index in [1.165, 1.54) is 0 Å². The van der Waals surface area contributed by atoms with Gasteiger partial charge in [-0.3, -0.25) is 0 Å². The van der Waals surface area contributed by atoms with E-state index in [9.17, 15) is 10.0 Å². The molecule has 4 nitrogen and oxygen atoms in total. The molecule has 4 aromatic carbocycles. The highest BCUT2D eigenvalue weighted by molar-refractivity contribution is 6.34. The molecule has 0 heterocycles. The number of benzene rings is 4. The first kappa shape index (κ1) is 20.7. The Balaban J connectivity index is 2.13. The summed E-state index contributed by atoms with van der Waals surface area (Å²) in [7, 11) is -1.95. The summed E-state index contributed by atoms with van der Waals surface area (Å²) in [6, 6.07) is 31.3. The Kier molecular flexibility index (Phi) is 6.36. The van der Waals surface area contributed by atoms with Gasteiger partial charge < -0.3 is 19.4 Å². The lowest BCUT2D eigenvalue weighted by atomic mass is 9.88. The Morgan fingerprint density at radius 3 is 1.65 bits per heavy atom. The van der Waals surface area contributed by atoms with Crippen molar-refractivity contribution in [1.82, 2.24) is 0 Å². The lowest BCUT2D eigenvalue weighted by Crippen LogP contribution is -2.21. The molecular formula is C26H23BO4. The largest absolute Gasteiger partial charge is 0.707 e. The summed E-state index contributed by atoms with van der Waals surface area (Å²) in [6.45, 7) is 2.43. The van der Waals surface area contributed by atoms with E-state index in [0.717, 1.165) is 39.1 Å². The molecule has 0 bridgehead atoms. The van der Waals surface area contributed by atoms with Crippen LogP contribution in [0.25, 0.3) is 33.4 Å². The normalized spacial score (nSPS) is 10.5. The lowest BCUT2D eigenvalue weighted by molar-refractivity contribution is 0.288. The van der Waals surface area contributed by atoms with Gasteiger partial charge in [-0.25, -0.2) is 0 Å². The summed E-state index contributed by atoms with van der Waals surface area (Å²) < 4.78 is 11.7. The highest BCUT2D eigenvalue weighted by Gasteiger charge is 2.25. The zero-order valence-electron chi connectivity index (χ0n) is 17.2. The third-order valence-electron chi connectivity index (χ3n) is 4.97. The van der Waals surface area contributed by atoms with Crippen molar-refractivity contribution in [2.24, 2.45) is 0 Å². The molecule has 31 heavy (non-hydrogen) atoms. The van der Waals surface area contributed by atoms with Crippen LogP contribution in [0.1, 0.15) is 6.92 Å². The maximum atomic E-state index is 9.67. The van der Waals surface area contributed by atoms with E-state index in [1.54, 1.807) is 0 Å². The minimum Gasteiger partial charge on any atom is -0.511 e. The molecule has 0 aliphatic heterocycles. The van der Waals surface area contributed by atoms with Crippen molar-refractivity contribution in [2.75, 3.05) is 6.61 Å². The SMILES string of the molecule is CCOc1c(-c2ccccc2)cc(OB(O)O)c(-c2ccccc2)c1-c1ccccc1. The van der Waals surface area contributed by atoms with E-state index in [-0.39, 0.29) is 0 Å². The van der Waals surface area contributed by atoms with Crippen LogP contribution in [-0.2, 0) is 0 Å². The van der Waals surface area contributed by atoms with E-state index in [0.29, 0.717) is 12.4 Å². The third kappa shape index (κ3) is 4.48. The quantitative estimate of drug-likeness (QED) is 0.399. The van der Waals surface area contributed by atoms with Gasteiger partial charge in [-0.15, -0.1) is 0 Å². The van der Waals surface area contributed by atoms with Gasteiger partial charge in [0.25, 0.3) is 0 Å². The Morgan fingerprint density at radius 1 is 0.677 bits per heavy atom. The minimum absolute atomic E-state index is 0.363. The highest BCUT2D eigenvalue weighted by atomic mass is 16.6. The van der Waals surface area contributed by atoms with Crippen LogP contribution < -0.4 is 9.39 Å². The van der Waals surface area contributed by atoms with Crippen LogP contribution in [0.5, 0.6) is 11.5 Å². The molecule has 0 fully saturated rings. The molecule has 5 heteroatoms. The molecule has 0 spiro atoms. The molecule has 154 valence electrons. The molecule has 0 unspecified atom stereocenters. The third-order valence-corrected chi connectivity index (χ3v) is 4.97. The smallest absolute Gasteiger partial charge is 0.511 e. The Bertz CT molecular complexity index is 1130. The number of ether oxygens (including phenoxy) is 1. The number of hydrogen-bond donors (Lipinski definition) is 2. The average Bonchev–Trinajstić information content (AvgIpc) is 2.81. The van der Waals surface area contributed by atoms with E-state index in [2.05, 4.69) is 0 Å². The summed E-state index contributed by atoms with van der Waals surface area (Å²) in [5.74, 6) is 1.08. The van der Waals surface area contributed by atoms with E-state index >= 15 is 0 Å². The van der Waals surface area contributed by atoms with Crippen molar-refractivity contribution < 1.29 is 19.4 Å². The van der Waals surface area contributed by atoms with Crippen molar-refractivity contribution in [1.29, 1.82) is 0 Å². The molecule has 0 saturated carbocycles. The van der Waals surface area contributed by atoms with Gasteiger partial charge in [0.05, 0.1) is 6.61 Å². The van der Waals surface area contributed by atoms with Crippen LogP contribution in [-0.4, -0.2) is 24.0 Å². The monoisotopic (exact) mass is 410 g/mol. The molecule has 0 atom stereocenters. The maximum Gasteiger partial charge on any atom is 0.707 e. The summed E-state index contributed by atoms with van der Waals surface area (Å²) in [4.78, 5) is 0. The van der Waals surface area contributed by atoms with Crippen LogP contribution in [0.15, 0.2) is 97.1 Å². The molecule has 0 radical (unpaired) electrons. The Labute approximate surface area is 182 Å². The van der Waals surface area contributed by atoms with Crippen LogP contribution in [0.4, 0.5) is 0 Å². The van der Waals surface area contributed by atoms with Crippen molar-refractivity contribution in [2.45, 2.75) is 6.92 Å². The molecule has 0 aromatic heterocycles. The molecule has 2 N–H and O–H groups in total.